The Balaban J connectivity index is -0.0000000720. The molecule has 0 aliphatic carbocycles. The Morgan fingerprint density at radius 2 is 0.556 bits per heavy atom. The summed E-state index contributed by atoms with van der Waals surface area (Å²) >= 11 is 0. The molecule has 0 spiro atoms. The van der Waals surface area contributed by atoms with Crippen LogP contribution in [0.4, 0.5) is 0 Å². The van der Waals surface area contributed by atoms with Crippen molar-refractivity contribution in [3.05, 3.63) is 0 Å². The van der Waals surface area contributed by atoms with E-state index < -0.39 is 17.2 Å². The van der Waals surface area contributed by atoms with Crippen LogP contribution in [-0.4, -0.2) is 29.4 Å². The first-order valence-corrected chi connectivity index (χ1v) is 4.02. The van der Waals surface area contributed by atoms with E-state index >= 15 is 0 Å². The zero-order chi connectivity index (χ0) is 7.15. The van der Waals surface area contributed by atoms with E-state index in [2.05, 4.69) is 0 Å². The summed E-state index contributed by atoms with van der Waals surface area (Å²) in [5.74, 6) is 0. The van der Waals surface area contributed by atoms with Crippen LogP contribution in [0.15, 0.2) is 0 Å². The third kappa shape index (κ3) is 299. The van der Waals surface area contributed by atoms with Crippen LogP contribution in [0, 0.1) is 0 Å². The first kappa shape index (κ1) is 16.7. The fourth-order valence-corrected chi connectivity index (χ4v) is 0. The Morgan fingerprint density at radius 1 is 0.556 bits per heavy atom. The summed E-state index contributed by atoms with van der Waals surface area (Å²) in [7, 11) is -5.76. The van der Waals surface area contributed by atoms with Crippen molar-refractivity contribution >= 4 is 17.2 Å². The Hall–Kier alpha value is 1.28. The van der Waals surface area contributed by atoms with Crippen LogP contribution in [-0.2, 0) is 20.4 Å². The minimum atomic E-state index is -2.88. The van der Waals surface area contributed by atoms with Crippen LogP contribution in [0.1, 0.15) is 0 Å². The Morgan fingerprint density at radius 3 is 0.556 bits per heavy atom. The maximum Gasteiger partial charge on any atom is 0.390 e. The van der Waals surface area contributed by atoms with Gasteiger partial charge in [-0.15, -0.1) is 0 Å². The molecule has 0 aromatic heterocycles. The topological polar surface area (TPSA) is 121 Å². The summed E-state index contributed by atoms with van der Waals surface area (Å²) in [5, 5.41) is 0. The average Bonchev–Trinajstić information content (AvgIpc) is 1.25. The van der Waals surface area contributed by atoms with Gasteiger partial charge in [0.25, 0.3) is 0 Å². The summed E-state index contributed by atoms with van der Waals surface area (Å²) in [5.41, 5.74) is 0. The van der Waals surface area contributed by atoms with Crippen LogP contribution < -0.4 is 0 Å². The van der Waals surface area contributed by atoms with Gasteiger partial charge >= 0.3 is 17.2 Å². The van der Waals surface area contributed by atoms with Crippen molar-refractivity contribution in [1.82, 2.24) is 0 Å². The third-order valence-electron chi connectivity index (χ3n) is 0. The normalized spacial score (nSPS) is 8.00. The minimum Gasteiger partial charge on any atom is -0.195 e. The van der Waals surface area contributed by atoms with Gasteiger partial charge < -0.3 is 0 Å². The van der Waals surface area contributed by atoms with Gasteiger partial charge in [-0.2, -0.15) is 29.4 Å². The molecule has 62 valence electrons. The minimum absolute atomic E-state index is 0. The molecule has 0 atom stereocenters. The van der Waals surface area contributed by atoms with Crippen LogP contribution >= 0.6 is 17.2 Å². The second kappa shape index (κ2) is 12.0. The summed E-state index contributed by atoms with van der Waals surface area (Å²) in [4.78, 5) is 43.6. The molecule has 0 aromatic rings. The summed E-state index contributed by atoms with van der Waals surface area (Å²) in [6.07, 6.45) is 0. The van der Waals surface area contributed by atoms with E-state index in [0.29, 0.717) is 0 Å². The first-order valence-electron chi connectivity index (χ1n) is 1.34. The van der Waals surface area contributed by atoms with E-state index in [1.165, 1.54) is 0 Å². The molecule has 0 aromatic carbocycles. The molecule has 6 nitrogen and oxygen atoms in total. The average molecular weight is 272 g/mol. The summed E-state index contributed by atoms with van der Waals surface area (Å²) < 4.78 is 0. The second-order valence-corrected chi connectivity index (χ2v) is 1.80. The van der Waals surface area contributed by atoms with Crippen LogP contribution in [0.3, 0.4) is 0 Å². The van der Waals surface area contributed by atoms with Crippen LogP contribution in [0.5, 0.6) is 0 Å². The van der Waals surface area contributed by atoms with Crippen LogP contribution in [0.25, 0.3) is 0 Å². The van der Waals surface area contributed by atoms with Gasteiger partial charge in [0.1, 0.15) is 0 Å². The van der Waals surface area contributed by atoms with Crippen molar-refractivity contribution in [1.29, 1.82) is 0 Å². The van der Waals surface area contributed by atoms with Gasteiger partial charge in [-0.25, -0.2) is 0 Å². The predicted octanol–water partition coefficient (Wildman–Crippen LogP) is -2.16. The first-order chi connectivity index (χ1) is 3.46. The molecular weight excluding hydrogens is 264 g/mol. The standard InChI is InChI=1S/2H4O3P.Pd/c2*1-4(2)3;/h2*1-4H;/q2*+1;. The smallest absolute Gasteiger partial charge is 0.195 e. The molecule has 6 N–H and O–H groups in total. The molecule has 0 heterocycles. The zero-order valence-corrected chi connectivity index (χ0v) is 7.55. The van der Waals surface area contributed by atoms with E-state index in [9.17, 15) is 0 Å². The molecule has 0 saturated heterocycles. The third-order valence-corrected chi connectivity index (χ3v) is 0. The van der Waals surface area contributed by atoms with E-state index in [0.717, 1.165) is 0 Å². The molecular formula is H8O6P2Pd+2. The Kier molecular flexibility index (Phi) is 22.3. The van der Waals surface area contributed by atoms with Gasteiger partial charge in [-0.3, -0.25) is 0 Å². The van der Waals surface area contributed by atoms with Crippen molar-refractivity contribution in [2.24, 2.45) is 0 Å². The predicted molar refractivity (Wildman–Crippen MR) is 29.9 cm³/mol. The fourth-order valence-electron chi connectivity index (χ4n) is 0. The van der Waals surface area contributed by atoms with Crippen molar-refractivity contribution < 1.29 is 49.8 Å². The van der Waals surface area contributed by atoms with Gasteiger partial charge in [0.15, 0.2) is 0 Å². The molecule has 0 aliphatic heterocycles. The summed E-state index contributed by atoms with van der Waals surface area (Å²) in [6.45, 7) is 0. The molecule has 0 fully saturated rings. The van der Waals surface area contributed by atoms with E-state index in [4.69, 9.17) is 29.4 Å². The number of hydrogen-bond donors (Lipinski definition) is 6. The van der Waals surface area contributed by atoms with Crippen molar-refractivity contribution in [2.45, 2.75) is 0 Å². The van der Waals surface area contributed by atoms with Gasteiger partial charge in [-0.1, -0.05) is 0 Å². The maximum absolute atomic E-state index is 7.27. The molecule has 0 rings (SSSR count). The molecule has 9 heavy (non-hydrogen) atoms. The van der Waals surface area contributed by atoms with Crippen LogP contribution in [0.2, 0.25) is 0 Å². The maximum atomic E-state index is 7.27. The van der Waals surface area contributed by atoms with Gasteiger partial charge in [-0.05, 0) is 0 Å². The molecule has 0 amide bonds. The molecule has 0 saturated carbocycles. The zero-order valence-electron chi connectivity index (χ0n) is 4.00. The van der Waals surface area contributed by atoms with Gasteiger partial charge in [0, 0.05) is 20.4 Å². The SMILES string of the molecule is O[PH+](O)O.O[PH+](O)O.[Pd]. The Labute approximate surface area is 67.4 Å². The van der Waals surface area contributed by atoms with Crippen molar-refractivity contribution in [2.75, 3.05) is 0 Å². The molecule has 0 bridgehead atoms. The quantitative estimate of drug-likeness (QED) is 0.221. The monoisotopic (exact) mass is 272 g/mol. The largest absolute Gasteiger partial charge is 0.390 e. The second-order valence-electron chi connectivity index (χ2n) is 0.600. The van der Waals surface area contributed by atoms with Gasteiger partial charge in [0.2, 0.25) is 0 Å². The van der Waals surface area contributed by atoms with Gasteiger partial charge in [0.05, 0.1) is 0 Å². The molecule has 0 unspecified atom stereocenters. The fraction of sp³-hybridized carbons (Fsp3) is 0. The van der Waals surface area contributed by atoms with E-state index in [1.807, 2.05) is 0 Å². The van der Waals surface area contributed by atoms with E-state index in [-0.39, 0.29) is 20.4 Å². The molecule has 9 heteroatoms. The van der Waals surface area contributed by atoms with Crippen molar-refractivity contribution in [3.63, 3.8) is 0 Å². The molecule has 0 aliphatic rings. The van der Waals surface area contributed by atoms with E-state index in [1.54, 1.807) is 0 Å². The summed E-state index contributed by atoms with van der Waals surface area (Å²) in [6, 6.07) is 0. The number of rotatable bonds is 0. The number of hydrogen-bond acceptors (Lipinski definition) is 6. The van der Waals surface area contributed by atoms with Crippen molar-refractivity contribution in [3.8, 4) is 0 Å². The molecule has 0 radical (unpaired) electrons. The Bertz CT molecular complexity index is 26.5.